The van der Waals surface area contributed by atoms with Crippen LogP contribution in [0.15, 0.2) is 14.6 Å². The Bertz CT molecular complexity index is 809. The van der Waals surface area contributed by atoms with Gasteiger partial charge in [0, 0.05) is 9.81 Å². The molecule has 1 aromatic heterocycles. The fraction of sp³-hybridized carbons (Fsp3) is 0.400. The fourth-order valence-corrected chi connectivity index (χ4v) is 3.30. The molecule has 2 aliphatic rings. The van der Waals surface area contributed by atoms with Crippen LogP contribution in [0.3, 0.4) is 0 Å². The highest BCUT2D eigenvalue weighted by Gasteiger charge is 2.40. The van der Waals surface area contributed by atoms with Gasteiger partial charge in [0.25, 0.3) is 5.56 Å². The topological polar surface area (TPSA) is 172 Å². The van der Waals surface area contributed by atoms with Gasteiger partial charge < -0.3 is 30.9 Å². The van der Waals surface area contributed by atoms with Crippen molar-refractivity contribution in [3.05, 3.63) is 20.2 Å². The molecule has 3 rings (SSSR count). The maximum absolute atomic E-state index is 11.9. The number of nitrogens with zero attached hydrogens (tertiary/aromatic N) is 1. The summed E-state index contributed by atoms with van der Waals surface area (Å²) in [5.74, 6) is 0.121. The van der Waals surface area contributed by atoms with E-state index in [1.807, 2.05) is 0 Å². The molecule has 3 unspecified atom stereocenters. The number of aromatic amines is 1. The minimum Gasteiger partial charge on any atom is -0.369 e. The number of thiol groups is 2. The number of rotatable bonds is 3. The SMILES string of the molecule is Nc1nc2c(c(=O)[nH]1)NC1C(S)=C(S)C(COP(=O)(O)O)OC1N2. The Balaban J connectivity index is 1.88. The van der Waals surface area contributed by atoms with Gasteiger partial charge in [-0.25, -0.2) is 4.57 Å². The van der Waals surface area contributed by atoms with Crippen LogP contribution in [0.1, 0.15) is 0 Å². The van der Waals surface area contributed by atoms with Crippen molar-refractivity contribution >= 4 is 50.5 Å². The van der Waals surface area contributed by atoms with Gasteiger partial charge in [0.15, 0.2) is 12.0 Å². The maximum Gasteiger partial charge on any atom is 0.469 e. The fourth-order valence-electron chi connectivity index (χ4n) is 2.35. The van der Waals surface area contributed by atoms with E-state index < -0.39 is 38.4 Å². The van der Waals surface area contributed by atoms with Gasteiger partial charge in [-0.1, -0.05) is 0 Å². The number of anilines is 3. The van der Waals surface area contributed by atoms with Crippen molar-refractivity contribution in [2.24, 2.45) is 0 Å². The Morgan fingerprint density at radius 3 is 2.71 bits per heavy atom. The Morgan fingerprint density at radius 1 is 1.33 bits per heavy atom. The molecule has 0 saturated heterocycles. The number of hydrogen-bond donors (Lipinski definition) is 8. The second-order valence-corrected chi connectivity index (χ2v) is 7.25. The third-order valence-electron chi connectivity index (χ3n) is 3.39. The molecule has 0 aliphatic carbocycles. The number of hydrogen-bond acceptors (Lipinski definition) is 10. The zero-order valence-electron chi connectivity index (χ0n) is 11.8. The highest BCUT2D eigenvalue weighted by Crippen LogP contribution is 2.40. The van der Waals surface area contributed by atoms with Crippen LogP contribution in [-0.2, 0) is 13.8 Å². The summed E-state index contributed by atoms with van der Waals surface area (Å²) < 4.78 is 21.0. The summed E-state index contributed by atoms with van der Waals surface area (Å²) in [6.07, 6.45) is -1.58. The molecule has 0 aromatic carbocycles. The lowest BCUT2D eigenvalue weighted by Crippen LogP contribution is -2.52. The van der Waals surface area contributed by atoms with Crippen LogP contribution in [0, 0.1) is 0 Å². The average molecular weight is 395 g/mol. The predicted molar refractivity (Wildman–Crippen MR) is 92.0 cm³/mol. The minimum absolute atomic E-state index is 0.0692. The Morgan fingerprint density at radius 2 is 2.04 bits per heavy atom. The summed E-state index contributed by atoms with van der Waals surface area (Å²) in [6.45, 7) is -0.421. The Hall–Kier alpha value is -1.21. The monoisotopic (exact) mass is 395 g/mol. The number of aromatic nitrogens is 2. The molecule has 132 valence electrons. The zero-order chi connectivity index (χ0) is 17.6. The lowest BCUT2D eigenvalue weighted by atomic mass is 10.1. The van der Waals surface area contributed by atoms with E-state index in [0.717, 1.165) is 0 Å². The summed E-state index contributed by atoms with van der Waals surface area (Å²) >= 11 is 8.63. The molecule has 0 bridgehead atoms. The number of nitrogens with one attached hydrogen (secondary N) is 3. The summed E-state index contributed by atoms with van der Waals surface area (Å²) in [5, 5.41) is 5.84. The van der Waals surface area contributed by atoms with E-state index in [1.54, 1.807) is 0 Å². The first-order valence-corrected chi connectivity index (χ1v) is 8.98. The molecule has 3 heterocycles. The van der Waals surface area contributed by atoms with Crippen LogP contribution >= 0.6 is 33.1 Å². The first-order valence-electron chi connectivity index (χ1n) is 6.56. The number of fused-ring (bicyclic) bond motifs is 2. The van der Waals surface area contributed by atoms with Gasteiger partial charge in [0.2, 0.25) is 5.95 Å². The maximum atomic E-state index is 11.9. The quantitative estimate of drug-likeness (QED) is 0.245. The van der Waals surface area contributed by atoms with E-state index >= 15 is 0 Å². The molecule has 14 heteroatoms. The average Bonchev–Trinajstić information content (AvgIpc) is 2.47. The molecule has 0 spiro atoms. The van der Waals surface area contributed by atoms with Crippen LogP contribution in [0.2, 0.25) is 0 Å². The van der Waals surface area contributed by atoms with Gasteiger partial charge in [-0.3, -0.25) is 14.3 Å². The van der Waals surface area contributed by atoms with E-state index in [1.165, 1.54) is 0 Å². The Kier molecular flexibility index (Phi) is 4.59. The second-order valence-electron chi connectivity index (χ2n) is 5.04. The van der Waals surface area contributed by atoms with E-state index in [2.05, 4.69) is 50.4 Å². The molecule has 0 fully saturated rings. The van der Waals surface area contributed by atoms with Crippen molar-refractivity contribution < 1.29 is 23.6 Å². The van der Waals surface area contributed by atoms with Gasteiger partial charge >= 0.3 is 7.82 Å². The third-order valence-corrected chi connectivity index (χ3v) is 5.10. The number of phosphoric ester groups is 1. The van der Waals surface area contributed by atoms with Gasteiger partial charge in [-0.2, -0.15) is 4.98 Å². The lowest BCUT2D eigenvalue weighted by molar-refractivity contribution is -0.0153. The van der Waals surface area contributed by atoms with E-state index in [0.29, 0.717) is 9.81 Å². The molecule has 0 saturated carbocycles. The van der Waals surface area contributed by atoms with Crippen LogP contribution in [0.25, 0.3) is 0 Å². The Labute approximate surface area is 146 Å². The largest absolute Gasteiger partial charge is 0.469 e. The molecule has 3 atom stereocenters. The number of nitrogens with two attached hydrogens (primary N) is 1. The van der Waals surface area contributed by atoms with E-state index in [-0.39, 0.29) is 17.5 Å². The zero-order valence-corrected chi connectivity index (χ0v) is 14.5. The van der Waals surface area contributed by atoms with Gasteiger partial charge in [0.1, 0.15) is 17.8 Å². The summed E-state index contributed by atoms with van der Waals surface area (Å²) in [7, 11) is -4.65. The molecule has 24 heavy (non-hydrogen) atoms. The molecular formula is C10H14N5O6PS2. The van der Waals surface area contributed by atoms with Crippen LogP contribution in [0.5, 0.6) is 0 Å². The standard InChI is InChI=1S/C10H14N5O6PS2/c11-10-14-7-4(8(16)15-10)12-3-6(24)5(23)2(21-9(3)13-7)1-20-22(17,18)19/h2-3,9,12,23-24H,1H2,(H2,17,18,19)(H4,11,13,14,15,16). The molecule has 11 nitrogen and oxygen atoms in total. The molecule has 7 N–H and O–H groups in total. The minimum atomic E-state index is -4.65. The summed E-state index contributed by atoms with van der Waals surface area (Å²) in [6, 6.07) is -0.550. The first kappa shape index (κ1) is 17.6. The van der Waals surface area contributed by atoms with Gasteiger partial charge in [0.05, 0.1) is 6.61 Å². The molecular weight excluding hydrogens is 381 g/mol. The van der Waals surface area contributed by atoms with E-state index in [4.69, 9.17) is 20.3 Å². The van der Waals surface area contributed by atoms with Crippen LogP contribution < -0.4 is 21.9 Å². The van der Waals surface area contributed by atoms with Crippen molar-refractivity contribution in [2.75, 3.05) is 23.0 Å². The number of nitrogen functional groups attached to an aromatic ring is 1. The van der Waals surface area contributed by atoms with Crippen LogP contribution in [0.4, 0.5) is 17.5 Å². The number of H-pyrrole nitrogens is 1. The molecule has 0 radical (unpaired) electrons. The van der Waals surface area contributed by atoms with E-state index in [9.17, 15) is 9.36 Å². The van der Waals surface area contributed by atoms with Crippen molar-refractivity contribution in [1.29, 1.82) is 0 Å². The number of ether oxygens (including phenoxy) is 1. The van der Waals surface area contributed by atoms with Gasteiger partial charge in [-0.05, 0) is 0 Å². The number of phosphoric acid groups is 1. The highest BCUT2D eigenvalue weighted by molar-refractivity contribution is 7.88. The summed E-state index contributed by atoms with van der Waals surface area (Å²) in [4.78, 5) is 36.7. The lowest BCUT2D eigenvalue weighted by Gasteiger charge is -2.41. The molecule has 1 aromatic rings. The van der Waals surface area contributed by atoms with Crippen molar-refractivity contribution in [3.8, 4) is 0 Å². The highest BCUT2D eigenvalue weighted by atomic mass is 32.1. The smallest absolute Gasteiger partial charge is 0.369 e. The molecule has 0 amide bonds. The van der Waals surface area contributed by atoms with Gasteiger partial charge in [-0.15, -0.1) is 25.3 Å². The summed E-state index contributed by atoms with van der Waals surface area (Å²) in [5.41, 5.74) is 5.22. The third kappa shape index (κ3) is 3.42. The van der Waals surface area contributed by atoms with Crippen molar-refractivity contribution in [3.63, 3.8) is 0 Å². The van der Waals surface area contributed by atoms with Crippen molar-refractivity contribution in [2.45, 2.75) is 18.4 Å². The normalized spacial score (nSPS) is 26.2. The predicted octanol–water partition coefficient (Wildman–Crippen LogP) is -0.537. The van der Waals surface area contributed by atoms with Crippen LogP contribution in [-0.4, -0.2) is 44.7 Å². The first-order chi connectivity index (χ1) is 11.2. The van der Waals surface area contributed by atoms with Crippen molar-refractivity contribution in [1.82, 2.24) is 9.97 Å². The second kappa shape index (κ2) is 6.26. The molecule has 2 aliphatic heterocycles.